The summed E-state index contributed by atoms with van der Waals surface area (Å²) in [5, 5.41) is 12.8. The Morgan fingerprint density at radius 2 is 1.93 bits per heavy atom. The van der Waals surface area contributed by atoms with Crippen LogP contribution in [0.25, 0.3) is 16.7 Å². The molecular weight excluding hydrogens is 398 g/mol. The molecule has 1 aliphatic rings. The third kappa shape index (κ3) is 4.10. The SMILES string of the molecule is CC(C)CCn1c(=O)c2ccccc2n2c(SC(C)C(=O)NC3CCCC3)nnc12. The number of benzene rings is 1. The summed E-state index contributed by atoms with van der Waals surface area (Å²) in [5.41, 5.74) is 0.726. The highest BCUT2D eigenvalue weighted by molar-refractivity contribution is 8.00. The van der Waals surface area contributed by atoms with Crippen molar-refractivity contribution < 1.29 is 4.79 Å². The lowest BCUT2D eigenvalue weighted by molar-refractivity contribution is -0.120. The van der Waals surface area contributed by atoms with Crippen molar-refractivity contribution in [1.82, 2.24) is 24.5 Å². The number of rotatable bonds is 7. The minimum atomic E-state index is -0.298. The van der Waals surface area contributed by atoms with Crippen molar-refractivity contribution in [2.45, 2.75) is 75.9 Å². The fraction of sp³-hybridized carbons (Fsp3) is 0.545. The summed E-state index contributed by atoms with van der Waals surface area (Å²) < 4.78 is 3.63. The molecule has 0 spiro atoms. The molecule has 1 saturated carbocycles. The fourth-order valence-electron chi connectivity index (χ4n) is 4.00. The smallest absolute Gasteiger partial charge is 0.262 e. The summed E-state index contributed by atoms with van der Waals surface area (Å²) in [4.78, 5) is 25.8. The highest BCUT2D eigenvalue weighted by atomic mass is 32.2. The van der Waals surface area contributed by atoms with Crippen molar-refractivity contribution in [3.63, 3.8) is 0 Å². The summed E-state index contributed by atoms with van der Waals surface area (Å²) in [7, 11) is 0. The van der Waals surface area contributed by atoms with Crippen LogP contribution in [-0.2, 0) is 11.3 Å². The zero-order chi connectivity index (χ0) is 21.3. The van der Waals surface area contributed by atoms with Crippen molar-refractivity contribution >= 4 is 34.3 Å². The van der Waals surface area contributed by atoms with E-state index in [1.54, 1.807) is 4.57 Å². The molecular formula is C22H29N5O2S. The molecule has 1 atom stereocenters. The Hall–Kier alpha value is -2.35. The summed E-state index contributed by atoms with van der Waals surface area (Å²) in [6.07, 6.45) is 5.36. The van der Waals surface area contributed by atoms with Crippen LogP contribution in [0.2, 0.25) is 0 Å². The molecule has 30 heavy (non-hydrogen) atoms. The van der Waals surface area contributed by atoms with E-state index in [0.29, 0.717) is 28.8 Å². The molecule has 1 N–H and O–H groups in total. The van der Waals surface area contributed by atoms with Gasteiger partial charge in [0.2, 0.25) is 11.7 Å². The maximum atomic E-state index is 13.1. The number of hydrogen-bond acceptors (Lipinski definition) is 5. The second-order valence-electron chi connectivity index (χ2n) is 8.52. The second-order valence-corrected chi connectivity index (χ2v) is 9.83. The van der Waals surface area contributed by atoms with Crippen molar-refractivity contribution in [2.75, 3.05) is 0 Å². The second kappa shape index (κ2) is 8.79. The molecule has 160 valence electrons. The lowest BCUT2D eigenvalue weighted by Gasteiger charge is -2.16. The van der Waals surface area contributed by atoms with Gasteiger partial charge in [-0.3, -0.25) is 18.6 Å². The lowest BCUT2D eigenvalue weighted by Crippen LogP contribution is -2.37. The van der Waals surface area contributed by atoms with E-state index in [-0.39, 0.29) is 22.8 Å². The van der Waals surface area contributed by atoms with Crippen molar-refractivity contribution in [1.29, 1.82) is 0 Å². The number of hydrogen-bond donors (Lipinski definition) is 1. The van der Waals surface area contributed by atoms with Gasteiger partial charge in [0.05, 0.1) is 16.2 Å². The van der Waals surface area contributed by atoms with Gasteiger partial charge in [0.25, 0.3) is 5.56 Å². The number of para-hydroxylation sites is 1. The van der Waals surface area contributed by atoms with Crippen LogP contribution in [-0.4, -0.2) is 36.4 Å². The molecule has 1 aliphatic carbocycles. The van der Waals surface area contributed by atoms with Crippen LogP contribution in [0.3, 0.4) is 0 Å². The summed E-state index contributed by atoms with van der Waals surface area (Å²) >= 11 is 1.39. The minimum absolute atomic E-state index is 0.0288. The van der Waals surface area contributed by atoms with E-state index in [9.17, 15) is 9.59 Å². The third-order valence-corrected chi connectivity index (χ3v) is 6.80. The molecule has 1 aromatic carbocycles. The van der Waals surface area contributed by atoms with E-state index in [1.807, 2.05) is 35.6 Å². The number of nitrogens with zero attached hydrogens (tertiary/aromatic N) is 4. The van der Waals surface area contributed by atoms with Gasteiger partial charge in [-0.2, -0.15) is 0 Å². The van der Waals surface area contributed by atoms with Crippen LogP contribution in [0, 0.1) is 5.92 Å². The molecule has 0 aliphatic heterocycles. The Kier molecular flexibility index (Phi) is 6.13. The summed E-state index contributed by atoms with van der Waals surface area (Å²) in [5.74, 6) is 1.03. The first kappa shape index (κ1) is 20.9. The first-order valence-electron chi connectivity index (χ1n) is 10.8. The normalized spacial score (nSPS) is 16.0. The number of fused-ring (bicyclic) bond motifs is 3. The molecule has 1 amide bonds. The first-order valence-corrected chi connectivity index (χ1v) is 11.7. The standard InChI is InChI=1S/C22H29N5O2S/c1-14(2)12-13-26-20(29)17-10-6-7-11-18(17)27-21(26)24-25-22(27)30-15(3)19(28)23-16-8-4-5-9-16/h6-7,10-11,14-16H,4-5,8-9,12-13H2,1-3H3,(H,23,28). The van der Waals surface area contributed by atoms with Crippen LogP contribution in [0.5, 0.6) is 0 Å². The third-order valence-electron chi connectivity index (χ3n) is 5.76. The molecule has 1 unspecified atom stereocenters. The topological polar surface area (TPSA) is 81.3 Å². The molecule has 0 radical (unpaired) electrons. The molecule has 8 heteroatoms. The van der Waals surface area contributed by atoms with E-state index < -0.39 is 0 Å². The Labute approximate surface area is 180 Å². The highest BCUT2D eigenvalue weighted by Gasteiger charge is 2.24. The van der Waals surface area contributed by atoms with Crippen LogP contribution >= 0.6 is 11.8 Å². The van der Waals surface area contributed by atoms with Gasteiger partial charge in [-0.25, -0.2) is 0 Å². The predicted octanol–water partition coefficient (Wildman–Crippen LogP) is 3.63. The van der Waals surface area contributed by atoms with E-state index >= 15 is 0 Å². The van der Waals surface area contributed by atoms with Crippen LogP contribution in [0.1, 0.15) is 52.9 Å². The number of thioether (sulfide) groups is 1. The number of carbonyl (C=O) groups is 1. The number of amides is 1. The zero-order valence-corrected chi connectivity index (χ0v) is 18.6. The van der Waals surface area contributed by atoms with Crippen LogP contribution in [0.15, 0.2) is 34.2 Å². The van der Waals surface area contributed by atoms with Gasteiger partial charge in [0, 0.05) is 12.6 Å². The van der Waals surface area contributed by atoms with Gasteiger partial charge in [-0.15, -0.1) is 10.2 Å². The Morgan fingerprint density at radius 3 is 2.67 bits per heavy atom. The van der Waals surface area contributed by atoms with Crippen molar-refractivity contribution in [3.05, 3.63) is 34.6 Å². The van der Waals surface area contributed by atoms with Gasteiger partial charge in [0.15, 0.2) is 5.16 Å². The van der Waals surface area contributed by atoms with Crippen LogP contribution in [0.4, 0.5) is 0 Å². The molecule has 0 saturated heterocycles. The number of carbonyl (C=O) groups excluding carboxylic acids is 1. The zero-order valence-electron chi connectivity index (χ0n) is 17.8. The molecule has 2 heterocycles. The number of aryl methyl sites for hydroxylation is 1. The Bertz CT molecular complexity index is 1110. The highest BCUT2D eigenvalue weighted by Crippen LogP contribution is 2.26. The average Bonchev–Trinajstić information content (AvgIpc) is 3.38. The van der Waals surface area contributed by atoms with E-state index in [4.69, 9.17) is 0 Å². The summed E-state index contributed by atoms with van der Waals surface area (Å²) in [6.45, 7) is 6.76. The molecule has 4 rings (SSSR count). The molecule has 3 aromatic rings. The monoisotopic (exact) mass is 427 g/mol. The molecule has 0 bridgehead atoms. The molecule has 2 aromatic heterocycles. The average molecular weight is 428 g/mol. The van der Waals surface area contributed by atoms with E-state index in [1.165, 1.54) is 24.6 Å². The minimum Gasteiger partial charge on any atom is -0.352 e. The fourth-order valence-corrected chi connectivity index (χ4v) is 4.86. The number of aromatic nitrogens is 4. The van der Waals surface area contributed by atoms with Gasteiger partial charge < -0.3 is 5.32 Å². The van der Waals surface area contributed by atoms with Gasteiger partial charge in [-0.05, 0) is 44.2 Å². The summed E-state index contributed by atoms with van der Waals surface area (Å²) in [6, 6.07) is 7.82. The van der Waals surface area contributed by atoms with E-state index in [0.717, 1.165) is 24.8 Å². The van der Waals surface area contributed by atoms with Gasteiger partial charge in [-0.1, -0.05) is 50.6 Å². The molecule has 1 fully saturated rings. The maximum Gasteiger partial charge on any atom is 0.262 e. The maximum absolute atomic E-state index is 13.1. The largest absolute Gasteiger partial charge is 0.352 e. The van der Waals surface area contributed by atoms with Crippen molar-refractivity contribution in [2.24, 2.45) is 5.92 Å². The quantitative estimate of drug-likeness (QED) is 0.582. The van der Waals surface area contributed by atoms with Gasteiger partial charge >= 0.3 is 0 Å². The Morgan fingerprint density at radius 1 is 1.20 bits per heavy atom. The first-order chi connectivity index (χ1) is 14.5. The predicted molar refractivity (Wildman–Crippen MR) is 120 cm³/mol. The molecule has 7 nitrogen and oxygen atoms in total. The lowest BCUT2D eigenvalue weighted by atomic mass is 10.1. The van der Waals surface area contributed by atoms with E-state index in [2.05, 4.69) is 29.4 Å². The van der Waals surface area contributed by atoms with Crippen molar-refractivity contribution in [3.8, 4) is 0 Å². The van der Waals surface area contributed by atoms with Crippen LogP contribution < -0.4 is 10.9 Å². The van der Waals surface area contributed by atoms with Gasteiger partial charge in [0.1, 0.15) is 0 Å². The number of nitrogens with one attached hydrogen (secondary N) is 1. The Balaban J connectivity index is 1.70.